The van der Waals surface area contributed by atoms with Gasteiger partial charge in [-0.1, -0.05) is 0 Å². The van der Waals surface area contributed by atoms with Crippen molar-refractivity contribution in [1.29, 1.82) is 0 Å². The normalized spacial score (nSPS) is 15.2. The van der Waals surface area contributed by atoms with Gasteiger partial charge in [0.2, 0.25) is 0 Å². The first-order valence-corrected chi connectivity index (χ1v) is 11.4. The number of nitrogens with one attached hydrogen (secondary N) is 1. The first-order valence-electron chi connectivity index (χ1n) is 9.18. The molecule has 158 valence electrons. The van der Waals surface area contributed by atoms with Crippen LogP contribution in [0.25, 0.3) is 5.69 Å². The van der Waals surface area contributed by atoms with Crippen molar-refractivity contribution in [3.05, 3.63) is 65.3 Å². The van der Waals surface area contributed by atoms with Gasteiger partial charge in [0.05, 0.1) is 32.3 Å². The quantitative estimate of drug-likeness (QED) is 0.620. The number of carbonyl (C=O) groups is 1. The molecule has 1 amide bonds. The Morgan fingerprint density at radius 1 is 1.17 bits per heavy atom. The summed E-state index contributed by atoms with van der Waals surface area (Å²) in [6.45, 7) is 1.61. The number of halogens is 1. The number of benzene rings is 1. The van der Waals surface area contributed by atoms with Crippen molar-refractivity contribution in [2.75, 3.05) is 26.3 Å². The van der Waals surface area contributed by atoms with Crippen molar-refractivity contribution >= 4 is 27.3 Å². The maximum atomic E-state index is 13.1. The van der Waals surface area contributed by atoms with Crippen LogP contribution in [0.2, 0.25) is 0 Å². The molecule has 1 aliphatic heterocycles. The average molecular weight is 451 g/mol. The van der Waals surface area contributed by atoms with Crippen LogP contribution in [0.1, 0.15) is 15.4 Å². The third-order valence-corrected chi connectivity index (χ3v) is 8.05. The molecule has 0 radical (unpaired) electrons. The monoisotopic (exact) mass is 450 g/mol. The number of aromatic nitrogens is 2. The Hall–Kier alpha value is -2.60. The summed E-state index contributed by atoms with van der Waals surface area (Å²) in [4.78, 5) is 17.3. The molecular weight excluding hydrogens is 431 g/mol. The molecule has 1 aliphatic rings. The van der Waals surface area contributed by atoms with E-state index in [2.05, 4.69) is 10.3 Å². The zero-order valence-corrected chi connectivity index (χ0v) is 17.5. The summed E-state index contributed by atoms with van der Waals surface area (Å²) in [7, 11) is -3.55. The lowest BCUT2D eigenvalue weighted by molar-refractivity contribution is 0.0731. The highest BCUT2D eigenvalue weighted by Gasteiger charge is 2.27. The van der Waals surface area contributed by atoms with Crippen LogP contribution in [0.4, 0.5) is 4.39 Å². The number of sulfonamides is 1. The van der Waals surface area contributed by atoms with E-state index in [4.69, 9.17) is 4.74 Å². The van der Waals surface area contributed by atoms with E-state index in [1.54, 1.807) is 28.8 Å². The minimum Gasteiger partial charge on any atom is -0.379 e. The summed E-state index contributed by atoms with van der Waals surface area (Å²) in [6.07, 6.45) is 2.89. The number of amides is 1. The van der Waals surface area contributed by atoms with E-state index in [9.17, 15) is 17.6 Å². The lowest BCUT2D eigenvalue weighted by Gasteiger charge is -2.25. The van der Waals surface area contributed by atoms with Crippen molar-refractivity contribution < 1.29 is 22.3 Å². The van der Waals surface area contributed by atoms with Gasteiger partial charge in [-0.3, -0.25) is 9.36 Å². The number of imidazole rings is 1. The molecule has 1 N–H and O–H groups in total. The minimum absolute atomic E-state index is 0.177. The van der Waals surface area contributed by atoms with E-state index < -0.39 is 10.0 Å². The molecule has 30 heavy (non-hydrogen) atoms. The topological polar surface area (TPSA) is 93.5 Å². The highest BCUT2D eigenvalue weighted by Crippen LogP contribution is 2.25. The molecule has 1 saturated heterocycles. The molecule has 3 heterocycles. The standard InChI is InChI=1S/C19H19FN4O4S2/c20-14-1-3-15(4-2-14)24-13-21-12-17(24)19(25)22-11-16-5-6-18(29-16)30(26,27)23-7-9-28-10-8-23/h1-6,12-13H,7-11H2,(H,22,25). The number of ether oxygens (including phenoxy) is 1. The molecule has 8 nitrogen and oxygen atoms in total. The van der Waals surface area contributed by atoms with Crippen LogP contribution in [-0.2, 0) is 21.3 Å². The predicted molar refractivity (Wildman–Crippen MR) is 109 cm³/mol. The fraction of sp³-hybridized carbons (Fsp3) is 0.263. The van der Waals surface area contributed by atoms with E-state index >= 15 is 0 Å². The second-order valence-corrected chi connectivity index (χ2v) is 9.88. The number of hydrogen-bond acceptors (Lipinski definition) is 6. The van der Waals surface area contributed by atoms with Crippen molar-refractivity contribution in [3.63, 3.8) is 0 Å². The van der Waals surface area contributed by atoms with Gasteiger partial charge in [-0.05, 0) is 36.4 Å². The lowest BCUT2D eigenvalue weighted by Crippen LogP contribution is -2.40. The van der Waals surface area contributed by atoms with Crippen molar-refractivity contribution in [2.24, 2.45) is 0 Å². The summed E-state index contributed by atoms with van der Waals surface area (Å²) in [5.41, 5.74) is 0.897. The first kappa shape index (κ1) is 20.7. The highest BCUT2D eigenvalue weighted by molar-refractivity contribution is 7.91. The number of thiophene rings is 1. The fourth-order valence-electron chi connectivity index (χ4n) is 3.03. The number of rotatable bonds is 6. The molecule has 11 heteroatoms. The first-order chi connectivity index (χ1) is 14.4. The lowest BCUT2D eigenvalue weighted by atomic mass is 10.3. The predicted octanol–water partition coefficient (Wildman–Crippen LogP) is 2.02. The summed E-state index contributed by atoms with van der Waals surface area (Å²) in [6, 6.07) is 8.96. The van der Waals surface area contributed by atoms with Gasteiger partial charge in [-0.15, -0.1) is 11.3 Å². The molecule has 0 spiro atoms. The van der Waals surface area contributed by atoms with Crippen LogP contribution in [0.15, 0.2) is 53.1 Å². The Balaban J connectivity index is 1.43. The number of morpholine rings is 1. The van der Waals surface area contributed by atoms with Crippen molar-refractivity contribution in [3.8, 4) is 5.69 Å². The second kappa shape index (κ2) is 8.64. The zero-order chi connectivity index (χ0) is 21.1. The largest absolute Gasteiger partial charge is 0.379 e. The molecular formula is C19H19FN4O4S2. The molecule has 0 aliphatic carbocycles. The third kappa shape index (κ3) is 4.29. The maximum absolute atomic E-state index is 13.1. The van der Waals surface area contributed by atoms with Crippen LogP contribution < -0.4 is 5.32 Å². The summed E-state index contributed by atoms with van der Waals surface area (Å²) < 4.78 is 47.0. The molecule has 3 aromatic rings. The van der Waals surface area contributed by atoms with Gasteiger partial charge in [-0.25, -0.2) is 17.8 Å². The number of hydrogen-bond donors (Lipinski definition) is 1. The smallest absolute Gasteiger partial charge is 0.270 e. The minimum atomic E-state index is -3.55. The Morgan fingerprint density at radius 2 is 1.90 bits per heavy atom. The van der Waals surface area contributed by atoms with Crippen LogP contribution in [-0.4, -0.2) is 54.5 Å². The molecule has 1 fully saturated rings. The number of nitrogens with zero attached hydrogens (tertiary/aromatic N) is 3. The highest BCUT2D eigenvalue weighted by atomic mass is 32.2. The number of carbonyl (C=O) groups excluding carboxylic acids is 1. The Morgan fingerprint density at radius 3 is 2.63 bits per heavy atom. The van der Waals surface area contributed by atoms with Crippen molar-refractivity contribution in [1.82, 2.24) is 19.2 Å². The summed E-state index contributed by atoms with van der Waals surface area (Å²) in [5.74, 6) is -0.742. The van der Waals surface area contributed by atoms with E-state index in [1.807, 2.05) is 0 Å². The van der Waals surface area contributed by atoms with E-state index in [0.717, 1.165) is 11.3 Å². The average Bonchev–Trinajstić information content (AvgIpc) is 3.43. The molecule has 1 aromatic carbocycles. The van der Waals surface area contributed by atoms with Crippen LogP contribution in [0, 0.1) is 5.82 Å². The zero-order valence-electron chi connectivity index (χ0n) is 15.8. The fourth-order valence-corrected chi connectivity index (χ4v) is 5.89. The summed E-state index contributed by atoms with van der Waals surface area (Å²) >= 11 is 1.13. The molecule has 0 atom stereocenters. The van der Waals surface area contributed by atoms with Gasteiger partial charge < -0.3 is 10.1 Å². The van der Waals surface area contributed by atoms with Gasteiger partial charge in [0.1, 0.15) is 15.7 Å². The van der Waals surface area contributed by atoms with E-state index in [-0.39, 0.29) is 22.5 Å². The van der Waals surface area contributed by atoms with Crippen LogP contribution in [0.5, 0.6) is 0 Å². The Labute approximate surface area is 177 Å². The molecule has 0 unspecified atom stereocenters. The third-order valence-electron chi connectivity index (χ3n) is 4.60. The van der Waals surface area contributed by atoms with E-state index in [1.165, 1.54) is 29.0 Å². The van der Waals surface area contributed by atoms with Gasteiger partial charge >= 0.3 is 0 Å². The molecule has 0 saturated carbocycles. The van der Waals surface area contributed by atoms with Gasteiger partial charge in [0.25, 0.3) is 15.9 Å². The van der Waals surface area contributed by atoms with Crippen LogP contribution in [0.3, 0.4) is 0 Å². The van der Waals surface area contributed by atoms with Crippen LogP contribution >= 0.6 is 11.3 Å². The SMILES string of the molecule is O=C(NCc1ccc(S(=O)(=O)N2CCOCC2)s1)c1cncn1-c1ccc(F)cc1. The molecule has 4 rings (SSSR count). The van der Waals surface area contributed by atoms with E-state index in [0.29, 0.717) is 42.6 Å². The van der Waals surface area contributed by atoms with Gasteiger partial charge in [0, 0.05) is 23.7 Å². The summed E-state index contributed by atoms with van der Waals surface area (Å²) in [5, 5.41) is 2.78. The molecule has 0 bridgehead atoms. The Kier molecular flexibility index (Phi) is 5.95. The Bertz CT molecular complexity index is 1140. The van der Waals surface area contributed by atoms with Gasteiger partial charge in [-0.2, -0.15) is 4.31 Å². The second-order valence-electron chi connectivity index (χ2n) is 6.55. The van der Waals surface area contributed by atoms with Crippen molar-refractivity contribution in [2.45, 2.75) is 10.8 Å². The van der Waals surface area contributed by atoms with Gasteiger partial charge in [0.15, 0.2) is 0 Å². The maximum Gasteiger partial charge on any atom is 0.270 e. The molecule has 2 aromatic heterocycles.